The first-order valence-corrected chi connectivity index (χ1v) is 7.27. The van der Waals surface area contributed by atoms with Crippen LogP contribution >= 0.6 is 0 Å². The molecular weight excluding hydrogens is 312 g/mol. The highest BCUT2D eigenvalue weighted by Gasteiger charge is 2.13. The fraction of sp³-hybridized carbons (Fsp3) is 0.176. The molecule has 124 valence electrons. The molecule has 0 aliphatic carbocycles. The second kappa shape index (κ2) is 6.91. The van der Waals surface area contributed by atoms with Gasteiger partial charge in [-0.3, -0.25) is 0 Å². The van der Waals surface area contributed by atoms with E-state index in [1.807, 2.05) is 18.2 Å². The highest BCUT2D eigenvalue weighted by Crippen LogP contribution is 2.32. The van der Waals surface area contributed by atoms with E-state index < -0.39 is 5.97 Å². The van der Waals surface area contributed by atoms with Gasteiger partial charge in [-0.05, 0) is 42.0 Å². The average Bonchev–Trinajstić information content (AvgIpc) is 3.07. The van der Waals surface area contributed by atoms with Gasteiger partial charge in [0, 0.05) is 12.2 Å². The largest absolute Gasteiger partial charge is 0.465 e. The Morgan fingerprint density at radius 2 is 1.83 bits per heavy atom. The van der Waals surface area contributed by atoms with Crippen LogP contribution in [-0.4, -0.2) is 25.9 Å². The first-order chi connectivity index (χ1) is 11.7. The molecule has 7 nitrogen and oxygen atoms in total. The summed E-state index contributed by atoms with van der Waals surface area (Å²) in [6.45, 7) is 0.566. The number of ether oxygens (including phenoxy) is 3. The van der Waals surface area contributed by atoms with Crippen molar-refractivity contribution >= 4 is 17.7 Å². The van der Waals surface area contributed by atoms with E-state index in [0.717, 1.165) is 5.56 Å². The molecule has 0 unspecified atom stereocenters. The Labute approximate surface area is 138 Å². The van der Waals surface area contributed by atoms with Gasteiger partial charge < -0.3 is 24.8 Å². The Morgan fingerprint density at radius 1 is 1.08 bits per heavy atom. The molecular formula is C17H16N2O5. The summed E-state index contributed by atoms with van der Waals surface area (Å²) in [5.41, 5.74) is 1.89. The number of fused-ring (bicyclic) bond motifs is 1. The minimum Gasteiger partial charge on any atom is -0.465 e. The first kappa shape index (κ1) is 15.7. The number of nitrogens with one attached hydrogen (secondary N) is 2. The van der Waals surface area contributed by atoms with Crippen LogP contribution in [0.5, 0.6) is 11.5 Å². The molecule has 1 heterocycles. The smallest absolute Gasteiger partial charge is 0.337 e. The number of rotatable bonds is 4. The Balaban J connectivity index is 1.53. The maximum Gasteiger partial charge on any atom is 0.337 e. The van der Waals surface area contributed by atoms with Gasteiger partial charge in [0.25, 0.3) is 0 Å². The van der Waals surface area contributed by atoms with Gasteiger partial charge in [-0.25, -0.2) is 9.59 Å². The topological polar surface area (TPSA) is 85.9 Å². The van der Waals surface area contributed by atoms with Gasteiger partial charge in [-0.1, -0.05) is 6.07 Å². The van der Waals surface area contributed by atoms with Crippen molar-refractivity contribution in [3.05, 3.63) is 53.6 Å². The van der Waals surface area contributed by atoms with E-state index in [9.17, 15) is 9.59 Å². The van der Waals surface area contributed by atoms with Gasteiger partial charge in [0.2, 0.25) is 6.79 Å². The highest BCUT2D eigenvalue weighted by molar-refractivity contribution is 5.92. The van der Waals surface area contributed by atoms with Crippen molar-refractivity contribution in [2.24, 2.45) is 0 Å². The zero-order chi connectivity index (χ0) is 16.9. The van der Waals surface area contributed by atoms with Crippen molar-refractivity contribution in [1.82, 2.24) is 5.32 Å². The van der Waals surface area contributed by atoms with Crippen molar-refractivity contribution in [2.75, 3.05) is 19.2 Å². The van der Waals surface area contributed by atoms with E-state index in [4.69, 9.17) is 9.47 Å². The molecule has 0 radical (unpaired) electrons. The number of methoxy groups -OCH3 is 1. The molecule has 3 rings (SSSR count). The molecule has 7 heteroatoms. The molecule has 0 spiro atoms. The number of benzene rings is 2. The third kappa shape index (κ3) is 3.57. The normalized spacial score (nSPS) is 11.7. The number of amides is 2. The van der Waals surface area contributed by atoms with Crippen LogP contribution in [0.2, 0.25) is 0 Å². The van der Waals surface area contributed by atoms with E-state index >= 15 is 0 Å². The van der Waals surface area contributed by atoms with Gasteiger partial charge in [0.15, 0.2) is 11.5 Å². The van der Waals surface area contributed by atoms with Crippen LogP contribution in [0, 0.1) is 0 Å². The fourth-order valence-corrected chi connectivity index (χ4v) is 2.22. The van der Waals surface area contributed by atoms with E-state index in [-0.39, 0.29) is 12.8 Å². The van der Waals surface area contributed by atoms with Crippen LogP contribution in [0.15, 0.2) is 42.5 Å². The molecule has 0 atom stereocenters. The third-order valence-electron chi connectivity index (χ3n) is 3.45. The van der Waals surface area contributed by atoms with E-state index in [0.29, 0.717) is 29.3 Å². The van der Waals surface area contributed by atoms with Crippen molar-refractivity contribution in [3.63, 3.8) is 0 Å². The van der Waals surface area contributed by atoms with Crippen LogP contribution in [0.25, 0.3) is 0 Å². The highest BCUT2D eigenvalue weighted by atomic mass is 16.7. The zero-order valence-electron chi connectivity index (χ0n) is 13.0. The molecule has 1 aliphatic heterocycles. The van der Waals surface area contributed by atoms with E-state index in [1.54, 1.807) is 24.3 Å². The number of hydrogen-bond donors (Lipinski definition) is 2. The molecule has 0 aromatic heterocycles. The summed E-state index contributed by atoms with van der Waals surface area (Å²) >= 11 is 0. The Morgan fingerprint density at radius 3 is 2.58 bits per heavy atom. The summed E-state index contributed by atoms with van der Waals surface area (Å²) < 4.78 is 15.1. The lowest BCUT2D eigenvalue weighted by atomic mass is 10.2. The molecule has 1 aliphatic rings. The molecule has 0 fully saturated rings. The lowest BCUT2D eigenvalue weighted by Gasteiger charge is -2.08. The zero-order valence-corrected chi connectivity index (χ0v) is 13.0. The molecule has 2 N–H and O–H groups in total. The lowest BCUT2D eigenvalue weighted by Crippen LogP contribution is -2.28. The van der Waals surface area contributed by atoms with Gasteiger partial charge in [0.1, 0.15) is 0 Å². The first-order valence-electron chi connectivity index (χ1n) is 7.27. The number of anilines is 1. The van der Waals surface area contributed by atoms with Crippen LogP contribution in [0.1, 0.15) is 15.9 Å². The summed E-state index contributed by atoms with van der Waals surface area (Å²) in [5.74, 6) is 0.954. The Bertz CT molecular complexity index is 758. The maximum absolute atomic E-state index is 11.9. The van der Waals surface area contributed by atoms with Crippen molar-refractivity contribution < 1.29 is 23.8 Å². The second-order valence-electron chi connectivity index (χ2n) is 5.06. The summed E-state index contributed by atoms with van der Waals surface area (Å²) in [6.07, 6.45) is 0. The number of hydrogen-bond acceptors (Lipinski definition) is 5. The molecule has 0 saturated carbocycles. The predicted octanol–water partition coefficient (Wildman–Crippen LogP) is 2.52. The quantitative estimate of drug-likeness (QED) is 0.842. The van der Waals surface area contributed by atoms with Crippen LogP contribution in [0.4, 0.5) is 10.5 Å². The summed E-state index contributed by atoms with van der Waals surface area (Å²) in [7, 11) is 1.32. The monoisotopic (exact) mass is 328 g/mol. The van der Waals surface area contributed by atoms with Crippen molar-refractivity contribution in [2.45, 2.75) is 6.54 Å². The van der Waals surface area contributed by atoms with Gasteiger partial charge >= 0.3 is 12.0 Å². The lowest BCUT2D eigenvalue weighted by molar-refractivity contribution is 0.0600. The van der Waals surface area contributed by atoms with Crippen LogP contribution < -0.4 is 20.1 Å². The number of carbonyl (C=O) groups is 2. The average molecular weight is 328 g/mol. The van der Waals surface area contributed by atoms with Crippen LogP contribution in [0.3, 0.4) is 0 Å². The van der Waals surface area contributed by atoms with Crippen molar-refractivity contribution in [3.8, 4) is 11.5 Å². The maximum atomic E-state index is 11.9. The van der Waals surface area contributed by atoms with Gasteiger partial charge in [-0.2, -0.15) is 0 Å². The number of carbonyl (C=O) groups excluding carboxylic acids is 2. The minimum atomic E-state index is -0.422. The predicted molar refractivity (Wildman–Crippen MR) is 86.2 cm³/mol. The Hall–Kier alpha value is -3.22. The molecule has 2 aromatic rings. The number of esters is 1. The van der Waals surface area contributed by atoms with E-state index in [1.165, 1.54) is 7.11 Å². The fourth-order valence-electron chi connectivity index (χ4n) is 2.22. The molecule has 2 aromatic carbocycles. The molecule has 24 heavy (non-hydrogen) atoms. The van der Waals surface area contributed by atoms with Crippen LogP contribution in [-0.2, 0) is 11.3 Å². The minimum absolute atomic E-state index is 0.217. The van der Waals surface area contributed by atoms with E-state index in [2.05, 4.69) is 15.4 Å². The SMILES string of the molecule is COC(=O)c1ccc(NC(=O)NCc2ccc3c(c2)OCO3)cc1. The van der Waals surface area contributed by atoms with Gasteiger partial charge in [0.05, 0.1) is 12.7 Å². The Kier molecular flexibility index (Phi) is 4.51. The summed E-state index contributed by atoms with van der Waals surface area (Å²) in [4.78, 5) is 23.3. The molecule has 0 saturated heterocycles. The number of urea groups is 1. The summed E-state index contributed by atoms with van der Waals surface area (Å²) in [5, 5.41) is 5.44. The molecule has 0 bridgehead atoms. The van der Waals surface area contributed by atoms with Crippen molar-refractivity contribution in [1.29, 1.82) is 0 Å². The summed E-state index contributed by atoms with van der Waals surface area (Å²) in [6, 6.07) is 11.6. The standard InChI is InChI=1S/C17H16N2O5/c1-22-16(20)12-3-5-13(6-4-12)19-17(21)18-9-11-2-7-14-15(8-11)24-10-23-14/h2-8H,9-10H2,1H3,(H2,18,19,21). The molecule has 2 amide bonds. The second-order valence-corrected chi connectivity index (χ2v) is 5.06. The van der Waals surface area contributed by atoms with Gasteiger partial charge in [-0.15, -0.1) is 0 Å². The third-order valence-corrected chi connectivity index (χ3v) is 3.45.